The first kappa shape index (κ1) is 10.6. The Morgan fingerprint density at radius 1 is 1.53 bits per heavy atom. The molecule has 1 aliphatic rings. The molecular weight excluding hydrogens is 184 g/mol. The molecule has 1 saturated carbocycles. The molecule has 1 aromatic heterocycles. The number of rotatable bonds is 6. The van der Waals surface area contributed by atoms with Crippen LogP contribution in [0.25, 0.3) is 0 Å². The fourth-order valence-corrected chi connectivity index (χ4v) is 2.02. The van der Waals surface area contributed by atoms with Crippen molar-refractivity contribution in [3.8, 4) is 0 Å². The topological polar surface area (TPSA) is 24.9 Å². The second-order valence-electron chi connectivity index (χ2n) is 4.42. The van der Waals surface area contributed by atoms with Crippen molar-refractivity contribution in [2.24, 2.45) is 5.92 Å². The lowest BCUT2D eigenvalue weighted by molar-refractivity contribution is 0.480. The quantitative estimate of drug-likeness (QED) is 0.770. The summed E-state index contributed by atoms with van der Waals surface area (Å²) >= 11 is 0. The summed E-state index contributed by atoms with van der Waals surface area (Å²) in [5.74, 6) is 1.02. The van der Waals surface area contributed by atoms with E-state index in [0.717, 1.165) is 12.5 Å². The minimum atomic E-state index is 0.504. The minimum absolute atomic E-state index is 0.504. The van der Waals surface area contributed by atoms with E-state index in [0.29, 0.717) is 6.04 Å². The molecule has 1 aliphatic carbocycles. The molecule has 1 fully saturated rings. The number of nitrogens with one attached hydrogen (secondary N) is 1. The van der Waals surface area contributed by atoms with Crippen LogP contribution < -0.4 is 5.32 Å². The Balaban J connectivity index is 1.91. The third-order valence-electron chi connectivity index (χ3n) is 3.10. The molecule has 82 valence electrons. The Bertz CT molecular complexity index is 280. The zero-order valence-electron chi connectivity index (χ0n) is 9.45. The molecule has 1 unspecified atom stereocenters. The van der Waals surface area contributed by atoms with Crippen LogP contribution in [0, 0.1) is 5.92 Å². The van der Waals surface area contributed by atoms with E-state index in [1.807, 2.05) is 18.5 Å². The van der Waals surface area contributed by atoms with Crippen LogP contribution in [0.2, 0.25) is 0 Å². The van der Waals surface area contributed by atoms with Crippen molar-refractivity contribution in [1.82, 2.24) is 10.3 Å². The van der Waals surface area contributed by atoms with Gasteiger partial charge in [0.1, 0.15) is 0 Å². The van der Waals surface area contributed by atoms with Crippen LogP contribution in [0.3, 0.4) is 0 Å². The van der Waals surface area contributed by atoms with Gasteiger partial charge in [-0.15, -0.1) is 0 Å². The first-order valence-electron chi connectivity index (χ1n) is 6.03. The van der Waals surface area contributed by atoms with Gasteiger partial charge in [-0.05, 0) is 36.9 Å². The molecule has 1 aromatic rings. The smallest absolute Gasteiger partial charge is 0.0335 e. The first-order chi connectivity index (χ1) is 7.40. The Morgan fingerprint density at radius 3 is 3.00 bits per heavy atom. The molecule has 1 heterocycles. The van der Waals surface area contributed by atoms with Gasteiger partial charge in [-0.25, -0.2) is 0 Å². The third kappa shape index (κ3) is 3.31. The lowest BCUT2D eigenvalue weighted by Gasteiger charge is -2.17. The Hall–Kier alpha value is -0.890. The number of nitrogens with zero attached hydrogens (tertiary/aromatic N) is 1. The van der Waals surface area contributed by atoms with E-state index in [-0.39, 0.29) is 0 Å². The van der Waals surface area contributed by atoms with Gasteiger partial charge in [0, 0.05) is 18.4 Å². The van der Waals surface area contributed by atoms with Crippen molar-refractivity contribution < 1.29 is 0 Å². The Morgan fingerprint density at radius 2 is 2.40 bits per heavy atom. The molecule has 0 radical (unpaired) electrons. The van der Waals surface area contributed by atoms with Crippen molar-refractivity contribution in [2.75, 3.05) is 6.54 Å². The predicted octanol–water partition coefficient (Wildman–Crippen LogP) is 2.92. The third-order valence-corrected chi connectivity index (χ3v) is 3.10. The van der Waals surface area contributed by atoms with Crippen LogP contribution >= 0.6 is 0 Å². The molecular formula is C13H20N2. The van der Waals surface area contributed by atoms with E-state index in [2.05, 4.69) is 23.3 Å². The summed E-state index contributed by atoms with van der Waals surface area (Å²) in [6.45, 7) is 3.20. The van der Waals surface area contributed by atoms with Gasteiger partial charge in [0.05, 0.1) is 0 Å². The number of hydrogen-bond acceptors (Lipinski definition) is 2. The summed E-state index contributed by atoms with van der Waals surface area (Å²) in [6.07, 6.45) is 9.35. The predicted molar refractivity (Wildman–Crippen MR) is 62.6 cm³/mol. The summed E-state index contributed by atoms with van der Waals surface area (Å²) < 4.78 is 0. The summed E-state index contributed by atoms with van der Waals surface area (Å²) in [4.78, 5) is 4.19. The van der Waals surface area contributed by atoms with Gasteiger partial charge in [-0.3, -0.25) is 4.98 Å². The molecule has 2 heteroatoms. The Kier molecular flexibility index (Phi) is 3.73. The van der Waals surface area contributed by atoms with Crippen LogP contribution in [0.1, 0.15) is 44.2 Å². The van der Waals surface area contributed by atoms with E-state index in [9.17, 15) is 0 Å². The summed E-state index contributed by atoms with van der Waals surface area (Å²) in [7, 11) is 0. The van der Waals surface area contributed by atoms with Crippen molar-refractivity contribution in [2.45, 2.75) is 38.6 Å². The van der Waals surface area contributed by atoms with Crippen LogP contribution in [0.15, 0.2) is 24.5 Å². The van der Waals surface area contributed by atoms with Crippen molar-refractivity contribution >= 4 is 0 Å². The lowest BCUT2D eigenvalue weighted by Crippen LogP contribution is -2.21. The molecule has 2 nitrogen and oxygen atoms in total. The lowest BCUT2D eigenvalue weighted by atomic mass is 10.0. The molecule has 1 N–H and O–H groups in total. The highest BCUT2D eigenvalue weighted by molar-refractivity contribution is 5.13. The fourth-order valence-electron chi connectivity index (χ4n) is 2.02. The summed E-state index contributed by atoms with van der Waals surface area (Å²) in [5.41, 5.74) is 1.33. The maximum atomic E-state index is 4.19. The minimum Gasteiger partial charge on any atom is -0.310 e. The van der Waals surface area contributed by atoms with E-state index < -0.39 is 0 Å². The van der Waals surface area contributed by atoms with Crippen LogP contribution in [-0.4, -0.2) is 11.5 Å². The first-order valence-corrected chi connectivity index (χ1v) is 6.03. The molecule has 0 saturated heterocycles. The van der Waals surface area contributed by atoms with Crippen LogP contribution in [0.5, 0.6) is 0 Å². The maximum absolute atomic E-state index is 4.19. The molecule has 0 aromatic carbocycles. The number of hydrogen-bond donors (Lipinski definition) is 1. The normalized spacial score (nSPS) is 17.7. The van der Waals surface area contributed by atoms with Gasteiger partial charge < -0.3 is 5.32 Å². The summed E-state index contributed by atoms with van der Waals surface area (Å²) in [5, 5.41) is 3.54. The van der Waals surface area contributed by atoms with Gasteiger partial charge in [0.25, 0.3) is 0 Å². The molecule has 0 aliphatic heterocycles. The molecule has 1 atom stereocenters. The molecule has 15 heavy (non-hydrogen) atoms. The SMILES string of the molecule is CCNC(CCC1CC1)c1cccnc1. The van der Waals surface area contributed by atoms with Gasteiger partial charge in [0.2, 0.25) is 0 Å². The van der Waals surface area contributed by atoms with E-state index >= 15 is 0 Å². The highest BCUT2D eigenvalue weighted by atomic mass is 14.9. The second kappa shape index (κ2) is 5.26. The van der Waals surface area contributed by atoms with Crippen LogP contribution in [0.4, 0.5) is 0 Å². The molecule has 0 spiro atoms. The van der Waals surface area contributed by atoms with E-state index in [1.165, 1.54) is 31.2 Å². The average molecular weight is 204 g/mol. The van der Waals surface area contributed by atoms with Crippen LogP contribution in [-0.2, 0) is 0 Å². The zero-order valence-corrected chi connectivity index (χ0v) is 9.45. The van der Waals surface area contributed by atoms with Crippen molar-refractivity contribution in [3.05, 3.63) is 30.1 Å². The highest BCUT2D eigenvalue weighted by Crippen LogP contribution is 2.35. The fraction of sp³-hybridized carbons (Fsp3) is 0.615. The molecule has 2 rings (SSSR count). The molecule has 0 amide bonds. The zero-order chi connectivity index (χ0) is 10.5. The van der Waals surface area contributed by atoms with Crippen molar-refractivity contribution in [1.29, 1.82) is 0 Å². The van der Waals surface area contributed by atoms with Gasteiger partial charge in [-0.1, -0.05) is 25.8 Å². The highest BCUT2D eigenvalue weighted by Gasteiger charge is 2.22. The van der Waals surface area contributed by atoms with Crippen molar-refractivity contribution in [3.63, 3.8) is 0 Å². The maximum Gasteiger partial charge on any atom is 0.0335 e. The number of aromatic nitrogens is 1. The second-order valence-corrected chi connectivity index (χ2v) is 4.42. The monoisotopic (exact) mass is 204 g/mol. The van der Waals surface area contributed by atoms with E-state index in [1.54, 1.807) is 0 Å². The van der Waals surface area contributed by atoms with E-state index in [4.69, 9.17) is 0 Å². The Labute approximate surface area is 92.1 Å². The van der Waals surface area contributed by atoms with Gasteiger partial charge in [-0.2, -0.15) is 0 Å². The average Bonchev–Trinajstić information content (AvgIpc) is 3.09. The van der Waals surface area contributed by atoms with Gasteiger partial charge >= 0.3 is 0 Å². The largest absolute Gasteiger partial charge is 0.310 e. The standard InChI is InChI=1S/C13H20N2/c1-2-15-13(8-7-11-5-6-11)12-4-3-9-14-10-12/h3-4,9-11,13,15H,2,5-8H2,1H3. The number of pyridine rings is 1. The molecule has 0 bridgehead atoms. The van der Waals surface area contributed by atoms with Gasteiger partial charge in [0.15, 0.2) is 0 Å². The summed E-state index contributed by atoms with van der Waals surface area (Å²) in [6, 6.07) is 4.70.